The van der Waals surface area contributed by atoms with Crippen molar-refractivity contribution in [1.82, 2.24) is 0 Å². The van der Waals surface area contributed by atoms with E-state index in [2.05, 4.69) is 72.1 Å². The summed E-state index contributed by atoms with van der Waals surface area (Å²) in [6.07, 6.45) is 0. The van der Waals surface area contributed by atoms with Gasteiger partial charge in [-0.1, -0.05) is 47.7 Å². The SMILES string of the molecule is C[SiH]C.Cc1c(C)c(C)[c-](C)c1C.[Br][Zr][Br].c1cc[cH-]c1.c1cc[cH-]c1. The van der Waals surface area contributed by atoms with Crippen molar-refractivity contribution < 1.29 is 18.5 Å². The Morgan fingerprint density at radius 3 is 1.08 bits per heavy atom. The second kappa shape index (κ2) is 19.9. The molecule has 145 valence electrons. The summed E-state index contributed by atoms with van der Waals surface area (Å²) in [5.74, 6) is 0. The zero-order chi connectivity index (χ0) is 20.4. The maximum atomic E-state index is 3.23. The molecule has 0 spiro atoms. The van der Waals surface area contributed by atoms with Crippen molar-refractivity contribution in [2.45, 2.75) is 47.7 Å². The van der Waals surface area contributed by atoms with E-state index in [-0.39, 0.29) is 18.5 Å². The minimum Gasteiger partial charge on any atom is -0.214 e. The molecule has 0 heterocycles. The average Bonchev–Trinajstić information content (AvgIpc) is 3.40. The molecule has 4 heteroatoms. The maximum absolute atomic E-state index is 3.23. The van der Waals surface area contributed by atoms with E-state index >= 15 is 0 Å². The third-order valence-corrected chi connectivity index (χ3v) is 3.92. The first-order chi connectivity index (χ1) is 12.4. The largest absolute Gasteiger partial charge is 0.214 e. The van der Waals surface area contributed by atoms with Gasteiger partial charge in [0.15, 0.2) is 0 Å². The van der Waals surface area contributed by atoms with Gasteiger partial charge in [-0.3, -0.25) is 0 Å². The minimum atomic E-state index is -0.145. The molecule has 0 unspecified atom stereocenters. The van der Waals surface area contributed by atoms with Gasteiger partial charge in [0.25, 0.3) is 0 Å². The number of hydrogen-bond acceptors (Lipinski definition) is 0. The van der Waals surface area contributed by atoms with E-state index in [4.69, 9.17) is 0 Å². The van der Waals surface area contributed by atoms with Gasteiger partial charge in [0.1, 0.15) is 0 Å². The van der Waals surface area contributed by atoms with Crippen LogP contribution in [0.5, 0.6) is 0 Å². The van der Waals surface area contributed by atoms with Crippen LogP contribution in [0.25, 0.3) is 0 Å². The fraction of sp³-hybridized carbons (Fsp3) is 0.318. The van der Waals surface area contributed by atoms with E-state index in [1.807, 2.05) is 60.7 Å². The van der Waals surface area contributed by atoms with Crippen LogP contribution in [0.3, 0.4) is 0 Å². The number of halogens is 2. The van der Waals surface area contributed by atoms with Gasteiger partial charge < -0.3 is 0 Å². The van der Waals surface area contributed by atoms with Gasteiger partial charge >= 0.3 is 43.0 Å². The summed E-state index contributed by atoms with van der Waals surface area (Å²) >= 11 is 6.32. The molecule has 0 saturated heterocycles. The van der Waals surface area contributed by atoms with Gasteiger partial charge in [0.2, 0.25) is 0 Å². The van der Waals surface area contributed by atoms with Crippen molar-refractivity contribution in [1.29, 1.82) is 0 Å². The van der Waals surface area contributed by atoms with Crippen molar-refractivity contribution in [3.8, 4) is 0 Å². The molecule has 26 heavy (non-hydrogen) atoms. The topological polar surface area (TPSA) is 0 Å². The van der Waals surface area contributed by atoms with Crippen LogP contribution < -0.4 is 0 Å². The summed E-state index contributed by atoms with van der Waals surface area (Å²) in [6.45, 7) is 15.4. The molecule has 0 aliphatic carbocycles. The molecule has 3 rings (SSSR count). The Hall–Kier alpha value is 0.110. The Labute approximate surface area is 187 Å². The molecule has 0 aliphatic heterocycles. The van der Waals surface area contributed by atoms with Gasteiger partial charge in [-0.05, 0) is 0 Å². The molecule has 0 nitrogen and oxygen atoms in total. The Balaban J connectivity index is 0. The van der Waals surface area contributed by atoms with Gasteiger partial charge in [-0.25, -0.2) is 24.3 Å². The first-order valence-corrected chi connectivity index (χ1v) is 22.2. The van der Waals surface area contributed by atoms with Gasteiger partial charge in [-0.15, -0.1) is 0 Å². The van der Waals surface area contributed by atoms with E-state index in [0.29, 0.717) is 0 Å². The van der Waals surface area contributed by atoms with Crippen molar-refractivity contribution in [3.05, 3.63) is 88.5 Å². The fourth-order valence-electron chi connectivity index (χ4n) is 2.05. The Morgan fingerprint density at radius 2 is 1.00 bits per heavy atom. The number of rotatable bonds is 0. The molecule has 0 fully saturated rings. The Bertz CT molecular complexity index is 468. The van der Waals surface area contributed by atoms with E-state index in [1.54, 1.807) is 0 Å². The van der Waals surface area contributed by atoms with Gasteiger partial charge in [0.05, 0.1) is 0 Å². The van der Waals surface area contributed by atoms with Crippen LogP contribution >= 0.6 is 24.4 Å². The second-order valence-corrected chi connectivity index (χ2v) is 18.2. The van der Waals surface area contributed by atoms with Crippen molar-refractivity contribution in [2.24, 2.45) is 0 Å². The Morgan fingerprint density at radius 1 is 0.769 bits per heavy atom. The molecule has 3 aromatic carbocycles. The third kappa shape index (κ3) is 14.2. The summed E-state index contributed by atoms with van der Waals surface area (Å²) in [7, 11) is 0.750. The van der Waals surface area contributed by atoms with E-state index < -0.39 is 0 Å². The van der Waals surface area contributed by atoms with Crippen LogP contribution in [0.15, 0.2) is 60.7 Å². The smallest absolute Gasteiger partial charge is 0.172 e. The second-order valence-electron chi connectivity index (χ2n) is 5.70. The van der Waals surface area contributed by atoms with Crippen molar-refractivity contribution in [2.75, 3.05) is 0 Å². The van der Waals surface area contributed by atoms with E-state index in [0.717, 1.165) is 9.52 Å². The quantitative estimate of drug-likeness (QED) is 0.188. The molecule has 0 bridgehead atoms. The molecular weight excluding hydrogens is 543 g/mol. The van der Waals surface area contributed by atoms with E-state index in [1.165, 1.54) is 27.8 Å². The van der Waals surface area contributed by atoms with Crippen LogP contribution in [-0.2, 0) is 18.5 Å². The molecular formula is C22H32Br2SiZr-3. The molecule has 0 amide bonds. The molecule has 3 aromatic rings. The predicted molar refractivity (Wildman–Crippen MR) is 127 cm³/mol. The Kier molecular flexibility index (Phi) is 21.6. The zero-order valence-electron chi connectivity index (χ0n) is 17.1. The predicted octanol–water partition coefficient (Wildman–Crippen LogP) is 7.97. The molecule has 0 atom stereocenters. The maximum Gasteiger partial charge on any atom is -0.172 e. The first kappa shape index (κ1) is 28.3. The van der Waals surface area contributed by atoms with Crippen LogP contribution in [0.2, 0.25) is 13.1 Å². The van der Waals surface area contributed by atoms with Crippen LogP contribution in [0.1, 0.15) is 27.8 Å². The summed E-state index contributed by atoms with van der Waals surface area (Å²) in [5, 5.41) is 0. The minimum absolute atomic E-state index is 0.145. The molecule has 1 radical (unpaired) electrons. The first-order valence-electron chi connectivity index (χ1n) is 8.62. The summed E-state index contributed by atoms with van der Waals surface area (Å²) in [4.78, 5) is 0. The zero-order valence-corrected chi connectivity index (χ0v) is 23.9. The number of hydrogen-bond donors (Lipinski definition) is 0. The van der Waals surface area contributed by atoms with E-state index in [9.17, 15) is 0 Å². The van der Waals surface area contributed by atoms with Crippen molar-refractivity contribution >= 4 is 34.0 Å². The molecule has 0 saturated carbocycles. The normalized spacial score (nSPS) is 8.35. The van der Waals surface area contributed by atoms with Crippen LogP contribution in [0.4, 0.5) is 0 Å². The fourth-order valence-corrected chi connectivity index (χ4v) is 2.05. The summed E-state index contributed by atoms with van der Waals surface area (Å²) < 4.78 is 0. The molecule has 0 N–H and O–H groups in total. The van der Waals surface area contributed by atoms with Crippen LogP contribution in [-0.4, -0.2) is 9.52 Å². The molecule has 0 aromatic heterocycles. The standard InChI is InChI=1S/C10H15.2C5H5.C2H7Si.2BrH.Zr/c1-6-7(2)9(4)10(5)8(6)3;2*1-2-4-5-3-1;1-3-2;;;/h1-5H3;2*1-5H;3H,1-2H3;2*1H;/q3*-1;;;;+2/p-2. The van der Waals surface area contributed by atoms with Gasteiger partial charge in [-0.2, -0.15) is 64.2 Å². The van der Waals surface area contributed by atoms with Crippen LogP contribution in [0, 0.1) is 34.6 Å². The van der Waals surface area contributed by atoms with Crippen molar-refractivity contribution in [3.63, 3.8) is 0 Å². The summed E-state index contributed by atoms with van der Waals surface area (Å²) in [5.41, 5.74) is 7.34. The monoisotopic (exact) mass is 572 g/mol. The third-order valence-electron chi connectivity index (χ3n) is 3.92. The average molecular weight is 576 g/mol. The molecule has 0 aliphatic rings. The van der Waals surface area contributed by atoms with Gasteiger partial charge in [0, 0.05) is 9.52 Å². The summed E-state index contributed by atoms with van der Waals surface area (Å²) in [6, 6.07) is 20.0.